The second-order valence-electron chi connectivity index (χ2n) is 8.26. The Balaban J connectivity index is 0.00000167. The lowest BCUT2D eigenvalue weighted by molar-refractivity contribution is -0.135. The number of nitrogens with zero attached hydrogens (tertiary/aromatic N) is 2. The van der Waals surface area contributed by atoms with Gasteiger partial charge in [-0.15, -0.1) is 0 Å². The van der Waals surface area contributed by atoms with Crippen LogP contribution in [-0.2, 0) is 16.1 Å². The van der Waals surface area contributed by atoms with E-state index in [0.29, 0.717) is 22.4 Å². The summed E-state index contributed by atoms with van der Waals surface area (Å²) in [6.07, 6.45) is 0.415. The summed E-state index contributed by atoms with van der Waals surface area (Å²) in [5.41, 5.74) is 3.79. The topological polar surface area (TPSA) is 122 Å². The van der Waals surface area contributed by atoms with E-state index in [1.807, 2.05) is 45.9 Å². The Morgan fingerprint density at radius 1 is 1.06 bits per heavy atom. The number of hydrogen-bond donors (Lipinski definition) is 3. The molecule has 4 amide bonds. The number of imide groups is 1. The average Bonchev–Trinajstić information content (AvgIpc) is 2.83. The summed E-state index contributed by atoms with van der Waals surface area (Å²) in [4.78, 5) is 53.8. The van der Waals surface area contributed by atoms with Gasteiger partial charge in [-0.1, -0.05) is 26.0 Å². The predicted octanol–water partition coefficient (Wildman–Crippen LogP) is 3.65. The maximum atomic E-state index is 13.2. The zero-order chi connectivity index (χ0) is 25.7. The SMILES string of the molecule is CC.Cc1ccc(NC(=O)NCc2ccc3nc(C)n([C@@H]4CCC(=O)NC4=O)c(=O)c3c2)cc1C. The van der Waals surface area contributed by atoms with E-state index in [4.69, 9.17) is 0 Å². The molecule has 1 aromatic heterocycles. The van der Waals surface area contributed by atoms with E-state index in [9.17, 15) is 19.2 Å². The molecule has 35 heavy (non-hydrogen) atoms. The van der Waals surface area contributed by atoms with Crippen molar-refractivity contribution in [2.24, 2.45) is 0 Å². The molecule has 0 saturated carbocycles. The standard InChI is InChI=1S/C24H25N5O4.C2H6/c1-13-4-6-17(10-14(13)2)27-24(33)25-12-16-5-7-19-18(11-16)23(32)29(15(3)26-19)20-8-9-21(30)28-22(20)31;1-2/h4-7,10-11,20H,8-9,12H2,1-3H3,(H2,25,27,33)(H,28,30,31);1-2H3/t20-;/m1./s1. The monoisotopic (exact) mass is 477 g/mol. The quantitative estimate of drug-likeness (QED) is 0.495. The molecular weight excluding hydrogens is 446 g/mol. The first-order chi connectivity index (χ1) is 16.7. The van der Waals surface area contributed by atoms with Gasteiger partial charge in [-0.2, -0.15) is 0 Å². The van der Waals surface area contributed by atoms with Crippen molar-refractivity contribution in [2.45, 2.75) is 60.0 Å². The van der Waals surface area contributed by atoms with Crippen LogP contribution in [0.15, 0.2) is 41.2 Å². The third-order valence-electron chi connectivity index (χ3n) is 5.88. The number of benzene rings is 2. The molecule has 0 aliphatic carbocycles. The number of hydrogen-bond acceptors (Lipinski definition) is 5. The number of fused-ring (bicyclic) bond motifs is 1. The second kappa shape index (κ2) is 10.9. The molecule has 3 N–H and O–H groups in total. The van der Waals surface area contributed by atoms with Crippen molar-refractivity contribution in [3.05, 3.63) is 69.3 Å². The summed E-state index contributed by atoms with van der Waals surface area (Å²) < 4.78 is 1.34. The fourth-order valence-corrected chi connectivity index (χ4v) is 3.94. The number of amides is 4. The third-order valence-corrected chi connectivity index (χ3v) is 5.88. The van der Waals surface area contributed by atoms with Gasteiger partial charge >= 0.3 is 6.03 Å². The number of piperidine rings is 1. The molecule has 1 aliphatic rings. The fourth-order valence-electron chi connectivity index (χ4n) is 3.94. The highest BCUT2D eigenvalue weighted by Crippen LogP contribution is 2.20. The minimum Gasteiger partial charge on any atom is -0.334 e. The zero-order valence-electron chi connectivity index (χ0n) is 20.7. The van der Waals surface area contributed by atoms with Crippen molar-refractivity contribution in [2.75, 3.05) is 5.32 Å². The van der Waals surface area contributed by atoms with Crippen LogP contribution < -0.4 is 21.5 Å². The molecule has 2 aromatic carbocycles. The van der Waals surface area contributed by atoms with E-state index in [0.717, 1.165) is 16.7 Å². The van der Waals surface area contributed by atoms with Crippen LogP contribution in [0, 0.1) is 20.8 Å². The summed E-state index contributed by atoms with van der Waals surface area (Å²) in [7, 11) is 0. The van der Waals surface area contributed by atoms with Crippen molar-refractivity contribution in [1.29, 1.82) is 0 Å². The number of carbonyl (C=O) groups is 3. The third kappa shape index (κ3) is 5.74. The van der Waals surface area contributed by atoms with Crippen molar-refractivity contribution in [3.8, 4) is 0 Å². The van der Waals surface area contributed by atoms with Gasteiger partial charge in [0, 0.05) is 18.7 Å². The number of aromatic nitrogens is 2. The molecule has 1 aliphatic heterocycles. The highest BCUT2D eigenvalue weighted by molar-refractivity contribution is 5.99. The van der Waals surface area contributed by atoms with E-state index in [1.54, 1.807) is 25.1 Å². The summed E-state index contributed by atoms with van der Waals surface area (Å²) in [6.45, 7) is 9.85. The van der Waals surface area contributed by atoms with E-state index >= 15 is 0 Å². The fraction of sp³-hybridized carbons (Fsp3) is 0.346. The lowest BCUT2D eigenvalue weighted by Gasteiger charge is -2.24. The Kier molecular flexibility index (Phi) is 8.01. The van der Waals surface area contributed by atoms with Gasteiger partial charge in [0.05, 0.1) is 10.9 Å². The van der Waals surface area contributed by atoms with E-state index in [-0.39, 0.29) is 36.9 Å². The number of aryl methyl sites for hydroxylation is 3. The smallest absolute Gasteiger partial charge is 0.319 e. The Labute approximate surface area is 203 Å². The molecular formula is C26H31N5O4. The number of rotatable bonds is 4. The Morgan fingerprint density at radius 2 is 1.80 bits per heavy atom. The molecule has 0 radical (unpaired) electrons. The normalized spacial score (nSPS) is 15.2. The zero-order valence-corrected chi connectivity index (χ0v) is 20.7. The Bertz CT molecular complexity index is 1350. The lowest BCUT2D eigenvalue weighted by Crippen LogP contribution is -2.45. The first-order valence-corrected chi connectivity index (χ1v) is 11.7. The summed E-state index contributed by atoms with van der Waals surface area (Å²) in [5, 5.41) is 8.21. The molecule has 0 spiro atoms. The molecule has 9 heteroatoms. The molecule has 1 atom stereocenters. The molecule has 184 valence electrons. The minimum absolute atomic E-state index is 0.167. The van der Waals surface area contributed by atoms with Crippen LogP contribution in [-0.4, -0.2) is 27.4 Å². The molecule has 1 fully saturated rings. The first kappa shape index (κ1) is 25.6. The summed E-state index contributed by atoms with van der Waals surface area (Å²) in [6, 6.07) is 9.72. The van der Waals surface area contributed by atoms with Crippen LogP contribution in [0.2, 0.25) is 0 Å². The van der Waals surface area contributed by atoms with Crippen LogP contribution in [0.4, 0.5) is 10.5 Å². The van der Waals surface area contributed by atoms with Crippen molar-refractivity contribution < 1.29 is 14.4 Å². The lowest BCUT2D eigenvalue weighted by atomic mass is 10.0. The molecule has 3 aromatic rings. The molecule has 0 bridgehead atoms. The van der Waals surface area contributed by atoms with Crippen LogP contribution in [0.3, 0.4) is 0 Å². The van der Waals surface area contributed by atoms with E-state index in [1.165, 1.54) is 4.57 Å². The molecule has 1 saturated heterocycles. The number of urea groups is 1. The second-order valence-corrected chi connectivity index (χ2v) is 8.26. The first-order valence-electron chi connectivity index (χ1n) is 11.7. The van der Waals surface area contributed by atoms with E-state index < -0.39 is 11.9 Å². The minimum atomic E-state index is -0.780. The number of nitrogens with one attached hydrogen (secondary N) is 3. The van der Waals surface area contributed by atoms with Crippen molar-refractivity contribution in [3.63, 3.8) is 0 Å². The van der Waals surface area contributed by atoms with Crippen LogP contribution in [0.25, 0.3) is 10.9 Å². The van der Waals surface area contributed by atoms with Crippen LogP contribution >= 0.6 is 0 Å². The summed E-state index contributed by atoms with van der Waals surface area (Å²) in [5.74, 6) is -0.442. The number of anilines is 1. The predicted molar refractivity (Wildman–Crippen MR) is 135 cm³/mol. The Hall–Kier alpha value is -4.01. The van der Waals surface area contributed by atoms with Gasteiger partial charge in [0.25, 0.3) is 5.56 Å². The molecule has 0 unspecified atom stereocenters. The van der Waals surface area contributed by atoms with Gasteiger partial charge in [-0.3, -0.25) is 24.3 Å². The van der Waals surface area contributed by atoms with Gasteiger partial charge in [0.15, 0.2) is 0 Å². The van der Waals surface area contributed by atoms with Gasteiger partial charge in [-0.05, 0) is 68.1 Å². The Morgan fingerprint density at radius 3 is 2.49 bits per heavy atom. The van der Waals surface area contributed by atoms with E-state index in [2.05, 4.69) is 20.9 Å². The molecule has 4 rings (SSSR count). The van der Waals surface area contributed by atoms with Crippen LogP contribution in [0.1, 0.15) is 55.2 Å². The van der Waals surface area contributed by atoms with Gasteiger partial charge in [-0.25, -0.2) is 9.78 Å². The molecule has 2 heterocycles. The van der Waals surface area contributed by atoms with Crippen LogP contribution in [0.5, 0.6) is 0 Å². The highest BCUT2D eigenvalue weighted by atomic mass is 16.2. The van der Waals surface area contributed by atoms with Crippen molar-refractivity contribution >= 4 is 34.4 Å². The van der Waals surface area contributed by atoms with Crippen molar-refractivity contribution in [1.82, 2.24) is 20.2 Å². The van der Waals surface area contributed by atoms with Gasteiger partial charge in [0.1, 0.15) is 11.9 Å². The molecule has 9 nitrogen and oxygen atoms in total. The largest absolute Gasteiger partial charge is 0.334 e. The highest BCUT2D eigenvalue weighted by Gasteiger charge is 2.30. The maximum Gasteiger partial charge on any atom is 0.319 e. The summed E-state index contributed by atoms with van der Waals surface area (Å²) >= 11 is 0. The van der Waals surface area contributed by atoms with Gasteiger partial charge < -0.3 is 10.6 Å². The number of carbonyl (C=O) groups excluding carboxylic acids is 3. The van der Waals surface area contributed by atoms with Gasteiger partial charge in [0.2, 0.25) is 11.8 Å². The maximum absolute atomic E-state index is 13.2. The average molecular weight is 478 g/mol.